The van der Waals surface area contributed by atoms with E-state index in [9.17, 15) is 14.7 Å². The van der Waals surface area contributed by atoms with Gasteiger partial charge in [-0.25, -0.2) is 4.79 Å². The Balaban J connectivity index is 1.88. The Labute approximate surface area is 121 Å². The molecule has 110 valence electrons. The van der Waals surface area contributed by atoms with Gasteiger partial charge in [0.25, 0.3) is 5.91 Å². The summed E-state index contributed by atoms with van der Waals surface area (Å²) in [4.78, 5) is 23.8. The minimum atomic E-state index is -1.15. The summed E-state index contributed by atoms with van der Waals surface area (Å²) in [7, 11) is 0. The maximum atomic E-state index is 12.3. The normalized spacial score (nSPS) is 17.0. The maximum Gasteiger partial charge on any atom is 0.329 e. The fourth-order valence-electron chi connectivity index (χ4n) is 2.92. The van der Waals surface area contributed by atoms with E-state index < -0.39 is 17.4 Å². The zero-order valence-electron chi connectivity index (χ0n) is 11.8. The Kier molecular flexibility index (Phi) is 3.20. The number of carboxylic acids is 1. The molecular formula is C16H17NO4. The molecular weight excluding hydrogens is 270 g/mol. The predicted molar refractivity (Wildman–Crippen MR) is 77.3 cm³/mol. The SMILES string of the molecule is Cc1ccc2oc(C(=O)NC3(C(=O)O)CCCC3)cc2c1. The first-order chi connectivity index (χ1) is 10.00. The van der Waals surface area contributed by atoms with Gasteiger partial charge >= 0.3 is 5.97 Å². The van der Waals surface area contributed by atoms with Crippen LogP contribution in [0.1, 0.15) is 41.8 Å². The van der Waals surface area contributed by atoms with Crippen LogP contribution >= 0.6 is 0 Å². The van der Waals surface area contributed by atoms with E-state index in [-0.39, 0.29) is 5.76 Å². The monoisotopic (exact) mass is 287 g/mol. The molecule has 0 atom stereocenters. The second-order valence-electron chi connectivity index (χ2n) is 5.70. The van der Waals surface area contributed by atoms with E-state index >= 15 is 0 Å². The molecule has 3 rings (SSSR count). The van der Waals surface area contributed by atoms with Gasteiger partial charge in [0.05, 0.1) is 0 Å². The van der Waals surface area contributed by atoms with E-state index in [1.807, 2.05) is 25.1 Å². The van der Waals surface area contributed by atoms with Gasteiger partial charge in [-0.1, -0.05) is 24.5 Å². The number of carbonyl (C=O) groups is 2. The van der Waals surface area contributed by atoms with Crippen LogP contribution in [0.4, 0.5) is 0 Å². The molecule has 21 heavy (non-hydrogen) atoms. The summed E-state index contributed by atoms with van der Waals surface area (Å²) in [6.07, 6.45) is 2.55. The number of rotatable bonds is 3. The highest BCUT2D eigenvalue weighted by atomic mass is 16.4. The van der Waals surface area contributed by atoms with Crippen LogP contribution in [0, 0.1) is 6.92 Å². The van der Waals surface area contributed by atoms with Crippen LogP contribution < -0.4 is 5.32 Å². The lowest BCUT2D eigenvalue weighted by atomic mass is 9.97. The van der Waals surface area contributed by atoms with Crippen molar-refractivity contribution >= 4 is 22.8 Å². The first kappa shape index (κ1) is 13.7. The number of nitrogens with one attached hydrogen (secondary N) is 1. The lowest BCUT2D eigenvalue weighted by molar-refractivity contribution is -0.144. The molecule has 1 amide bonds. The van der Waals surface area contributed by atoms with Crippen LogP contribution in [0.5, 0.6) is 0 Å². The summed E-state index contributed by atoms with van der Waals surface area (Å²) < 4.78 is 5.51. The molecule has 1 saturated carbocycles. The molecule has 1 aromatic carbocycles. The van der Waals surface area contributed by atoms with E-state index in [4.69, 9.17) is 4.42 Å². The van der Waals surface area contributed by atoms with Gasteiger partial charge < -0.3 is 14.8 Å². The Hall–Kier alpha value is -2.30. The number of carbonyl (C=O) groups excluding carboxylic acids is 1. The Morgan fingerprint density at radius 1 is 1.24 bits per heavy atom. The quantitative estimate of drug-likeness (QED) is 0.909. The van der Waals surface area contributed by atoms with Crippen molar-refractivity contribution in [3.05, 3.63) is 35.6 Å². The minimum absolute atomic E-state index is 0.156. The third kappa shape index (κ3) is 2.39. The van der Waals surface area contributed by atoms with Crippen molar-refractivity contribution in [1.29, 1.82) is 0 Å². The van der Waals surface area contributed by atoms with Gasteiger partial charge in [0.1, 0.15) is 11.1 Å². The van der Waals surface area contributed by atoms with E-state index in [1.165, 1.54) is 0 Å². The van der Waals surface area contributed by atoms with Crippen molar-refractivity contribution in [1.82, 2.24) is 5.32 Å². The number of carboxylic acid groups (broad SMARTS) is 1. The zero-order valence-corrected chi connectivity index (χ0v) is 11.8. The number of fused-ring (bicyclic) bond motifs is 1. The highest BCUT2D eigenvalue weighted by molar-refractivity contribution is 5.99. The van der Waals surface area contributed by atoms with Gasteiger partial charge in [-0.3, -0.25) is 4.79 Å². The number of hydrogen-bond acceptors (Lipinski definition) is 3. The molecule has 0 spiro atoms. The molecule has 2 aromatic rings. The first-order valence-electron chi connectivity index (χ1n) is 7.06. The fraction of sp³-hybridized carbons (Fsp3) is 0.375. The van der Waals surface area contributed by atoms with Crippen molar-refractivity contribution in [3.63, 3.8) is 0 Å². The van der Waals surface area contributed by atoms with Crippen LogP contribution in [-0.4, -0.2) is 22.5 Å². The largest absolute Gasteiger partial charge is 0.480 e. The van der Waals surface area contributed by atoms with Gasteiger partial charge in [-0.15, -0.1) is 0 Å². The topological polar surface area (TPSA) is 79.5 Å². The van der Waals surface area contributed by atoms with E-state index in [1.54, 1.807) is 6.07 Å². The smallest absolute Gasteiger partial charge is 0.329 e. The molecule has 0 radical (unpaired) electrons. The number of hydrogen-bond donors (Lipinski definition) is 2. The zero-order chi connectivity index (χ0) is 15.0. The Bertz CT molecular complexity index is 710. The summed E-state index contributed by atoms with van der Waals surface area (Å²) in [5.74, 6) is -1.28. The molecule has 0 aliphatic heterocycles. The van der Waals surface area contributed by atoms with Crippen molar-refractivity contribution in [2.24, 2.45) is 0 Å². The standard InChI is InChI=1S/C16H17NO4/c1-10-4-5-12-11(8-10)9-13(21-12)14(18)17-16(15(19)20)6-2-3-7-16/h4-5,8-9H,2-3,6-7H2,1H3,(H,17,18)(H,19,20). The minimum Gasteiger partial charge on any atom is -0.480 e. The summed E-state index contributed by atoms with van der Waals surface area (Å²) in [5, 5.41) is 12.9. The van der Waals surface area contributed by atoms with Crippen molar-refractivity contribution in [3.8, 4) is 0 Å². The molecule has 1 aliphatic rings. The van der Waals surface area contributed by atoms with Crippen molar-refractivity contribution in [2.75, 3.05) is 0 Å². The molecule has 1 aromatic heterocycles. The summed E-state index contributed by atoms with van der Waals surface area (Å²) in [5.41, 5.74) is 0.556. The van der Waals surface area contributed by atoms with Gasteiger partial charge in [-0.05, 0) is 38.0 Å². The first-order valence-corrected chi connectivity index (χ1v) is 7.06. The number of aryl methyl sites for hydroxylation is 1. The van der Waals surface area contributed by atoms with E-state index in [2.05, 4.69) is 5.32 Å². The third-order valence-electron chi connectivity index (χ3n) is 4.11. The molecule has 1 fully saturated rings. The third-order valence-corrected chi connectivity index (χ3v) is 4.11. The van der Waals surface area contributed by atoms with Crippen LogP contribution in [0.15, 0.2) is 28.7 Å². The van der Waals surface area contributed by atoms with Gasteiger partial charge in [0.2, 0.25) is 0 Å². The second-order valence-corrected chi connectivity index (χ2v) is 5.70. The lowest BCUT2D eigenvalue weighted by Gasteiger charge is -2.24. The lowest BCUT2D eigenvalue weighted by Crippen LogP contribution is -2.52. The highest BCUT2D eigenvalue weighted by Gasteiger charge is 2.43. The van der Waals surface area contributed by atoms with Gasteiger partial charge in [0, 0.05) is 5.39 Å². The maximum absolute atomic E-state index is 12.3. The van der Waals surface area contributed by atoms with Crippen LogP contribution in [-0.2, 0) is 4.79 Å². The number of amides is 1. The average Bonchev–Trinajstić information content (AvgIpc) is 3.05. The second kappa shape index (κ2) is 4.91. The number of aliphatic carboxylic acids is 1. The Morgan fingerprint density at radius 2 is 1.95 bits per heavy atom. The molecule has 0 saturated heterocycles. The van der Waals surface area contributed by atoms with Crippen LogP contribution in [0.2, 0.25) is 0 Å². The predicted octanol–water partition coefficient (Wildman–Crippen LogP) is 2.87. The fourth-order valence-corrected chi connectivity index (χ4v) is 2.92. The molecule has 1 heterocycles. The summed E-state index contributed by atoms with van der Waals surface area (Å²) >= 11 is 0. The average molecular weight is 287 g/mol. The molecule has 2 N–H and O–H groups in total. The molecule has 1 aliphatic carbocycles. The molecule has 0 bridgehead atoms. The van der Waals surface area contributed by atoms with Crippen molar-refractivity contribution in [2.45, 2.75) is 38.1 Å². The van der Waals surface area contributed by atoms with Crippen molar-refractivity contribution < 1.29 is 19.1 Å². The summed E-state index contributed by atoms with van der Waals surface area (Å²) in [6.45, 7) is 1.96. The number of benzene rings is 1. The molecule has 5 heteroatoms. The van der Waals surface area contributed by atoms with Gasteiger partial charge in [0.15, 0.2) is 5.76 Å². The van der Waals surface area contributed by atoms with Crippen LogP contribution in [0.25, 0.3) is 11.0 Å². The number of furan rings is 1. The van der Waals surface area contributed by atoms with E-state index in [0.717, 1.165) is 23.8 Å². The molecule has 5 nitrogen and oxygen atoms in total. The van der Waals surface area contributed by atoms with E-state index in [0.29, 0.717) is 18.4 Å². The van der Waals surface area contributed by atoms with Crippen LogP contribution in [0.3, 0.4) is 0 Å². The highest BCUT2D eigenvalue weighted by Crippen LogP contribution is 2.30. The van der Waals surface area contributed by atoms with Gasteiger partial charge in [-0.2, -0.15) is 0 Å². The molecule has 0 unspecified atom stereocenters. The Morgan fingerprint density at radius 3 is 2.62 bits per heavy atom. The summed E-state index contributed by atoms with van der Waals surface area (Å²) in [6, 6.07) is 7.30.